The SMILES string of the molecule is COP(=S)(COc1cc(Oc2ccc(C(F)(F)F)cc2Cl)ccc1[N+](=O)[O-])SC. The number of nitro groups is 1. The molecule has 0 amide bonds. The van der Waals surface area contributed by atoms with Crippen molar-refractivity contribution in [2.24, 2.45) is 0 Å². The summed E-state index contributed by atoms with van der Waals surface area (Å²) in [6, 6.07) is 6.27. The number of rotatable bonds is 8. The van der Waals surface area contributed by atoms with E-state index >= 15 is 0 Å². The molecule has 2 rings (SSSR count). The van der Waals surface area contributed by atoms with Gasteiger partial charge in [0, 0.05) is 19.2 Å². The minimum absolute atomic E-state index is 0.0504. The van der Waals surface area contributed by atoms with Gasteiger partial charge in [0.25, 0.3) is 0 Å². The summed E-state index contributed by atoms with van der Waals surface area (Å²) in [6.45, 7) is 0. The molecular formula is C16H14ClF3NO5PS2. The van der Waals surface area contributed by atoms with Crippen molar-refractivity contribution in [3.8, 4) is 17.2 Å². The summed E-state index contributed by atoms with van der Waals surface area (Å²) in [6.07, 6.45) is -2.87. The summed E-state index contributed by atoms with van der Waals surface area (Å²) < 4.78 is 54.5. The van der Waals surface area contributed by atoms with Gasteiger partial charge in [-0.25, -0.2) is 0 Å². The number of nitro benzene ring substituents is 1. The summed E-state index contributed by atoms with van der Waals surface area (Å²) in [7, 11) is 1.43. The maximum Gasteiger partial charge on any atom is 0.416 e. The second kappa shape index (κ2) is 9.53. The van der Waals surface area contributed by atoms with Crippen molar-refractivity contribution in [2.75, 3.05) is 19.7 Å². The highest BCUT2D eigenvalue weighted by Gasteiger charge is 2.31. The Balaban J connectivity index is 2.31. The van der Waals surface area contributed by atoms with Crippen molar-refractivity contribution < 1.29 is 32.1 Å². The molecule has 0 N–H and O–H groups in total. The summed E-state index contributed by atoms with van der Waals surface area (Å²) in [5, 5.41) is 11.0. The van der Waals surface area contributed by atoms with Crippen molar-refractivity contribution in [2.45, 2.75) is 6.18 Å². The fourth-order valence-corrected chi connectivity index (χ4v) is 4.00. The molecule has 0 bridgehead atoms. The summed E-state index contributed by atoms with van der Waals surface area (Å²) in [5.41, 5.74) is -3.62. The van der Waals surface area contributed by atoms with E-state index in [1.165, 1.54) is 30.6 Å². The van der Waals surface area contributed by atoms with Crippen molar-refractivity contribution in [3.05, 3.63) is 57.1 Å². The lowest BCUT2D eigenvalue weighted by molar-refractivity contribution is -0.385. The first kappa shape index (κ1) is 23.8. The first-order valence-corrected chi connectivity index (χ1v) is 12.8. The number of hydrogen-bond acceptors (Lipinski definition) is 7. The highest BCUT2D eigenvalue weighted by atomic mass is 35.5. The van der Waals surface area contributed by atoms with Gasteiger partial charge in [0.05, 0.1) is 15.5 Å². The Labute approximate surface area is 178 Å². The zero-order valence-corrected chi connectivity index (χ0v) is 18.2. The number of nitrogens with zero attached hydrogens (tertiary/aromatic N) is 1. The smallest absolute Gasteiger partial charge is 0.416 e. The third-order valence-electron chi connectivity index (χ3n) is 3.55. The van der Waals surface area contributed by atoms with Crippen LogP contribution in [0.1, 0.15) is 5.56 Å². The lowest BCUT2D eigenvalue weighted by Gasteiger charge is -2.18. The number of hydrogen-bond donors (Lipinski definition) is 0. The number of ether oxygens (including phenoxy) is 2. The molecule has 6 nitrogen and oxygen atoms in total. The lowest BCUT2D eigenvalue weighted by atomic mass is 10.2. The van der Waals surface area contributed by atoms with Gasteiger partial charge in [-0.1, -0.05) is 34.8 Å². The predicted octanol–water partition coefficient (Wildman–Crippen LogP) is 6.71. The van der Waals surface area contributed by atoms with Crippen molar-refractivity contribution in [1.29, 1.82) is 0 Å². The van der Waals surface area contributed by atoms with Crippen LogP contribution in [-0.2, 0) is 22.5 Å². The largest absolute Gasteiger partial charge is 0.478 e. The lowest BCUT2D eigenvalue weighted by Crippen LogP contribution is -2.04. The molecule has 0 spiro atoms. The topological polar surface area (TPSA) is 70.8 Å². The summed E-state index contributed by atoms with van der Waals surface area (Å²) >= 11 is 12.5. The van der Waals surface area contributed by atoms with Crippen LogP contribution in [0.2, 0.25) is 5.02 Å². The second-order valence-corrected chi connectivity index (χ2v) is 13.3. The van der Waals surface area contributed by atoms with Crippen LogP contribution >= 0.6 is 28.4 Å². The zero-order chi connectivity index (χ0) is 21.8. The average Bonchev–Trinajstić information content (AvgIpc) is 2.66. The molecule has 29 heavy (non-hydrogen) atoms. The molecule has 0 fully saturated rings. The standard InChI is InChI=1S/C16H14ClF3NO5PS2/c1-24-27(28,29-2)9-25-15-8-11(4-5-13(15)21(22)23)26-14-6-3-10(7-12(14)17)16(18,19)20/h3-8H,9H2,1-2H3. The fraction of sp³-hybridized carbons (Fsp3) is 0.250. The van der Waals surface area contributed by atoms with Crippen molar-refractivity contribution in [1.82, 2.24) is 0 Å². The first-order chi connectivity index (χ1) is 13.5. The zero-order valence-electron chi connectivity index (χ0n) is 14.9. The highest BCUT2D eigenvalue weighted by Crippen LogP contribution is 2.58. The van der Waals surface area contributed by atoms with E-state index in [0.29, 0.717) is 0 Å². The van der Waals surface area contributed by atoms with E-state index in [1.54, 1.807) is 6.26 Å². The first-order valence-electron chi connectivity index (χ1n) is 7.65. The average molecular weight is 488 g/mol. The van der Waals surface area contributed by atoms with E-state index in [-0.39, 0.29) is 34.3 Å². The van der Waals surface area contributed by atoms with Crippen LogP contribution in [-0.4, -0.2) is 24.6 Å². The van der Waals surface area contributed by atoms with Crippen LogP contribution in [0.5, 0.6) is 17.2 Å². The summed E-state index contributed by atoms with van der Waals surface area (Å²) in [4.78, 5) is 10.6. The van der Waals surface area contributed by atoms with Crippen LogP contribution in [0.25, 0.3) is 0 Å². The fourth-order valence-electron chi connectivity index (χ4n) is 2.04. The third kappa shape index (κ3) is 6.23. The maximum atomic E-state index is 12.7. The second-order valence-electron chi connectivity index (χ2n) is 5.38. The molecule has 2 aromatic carbocycles. The molecule has 13 heteroatoms. The molecule has 0 aromatic heterocycles. The Morgan fingerprint density at radius 3 is 2.45 bits per heavy atom. The molecule has 1 unspecified atom stereocenters. The number of benzene rings is 2. The van der Waals surface area contributed by atoms with Crippen molar-refractivity contribution in [3.63, 3.8) is 0 Å². The van der Waals surface area contributed by atoms with Gasteiger partial charge in [-0.05, 0) is 30.5 Å². The molecule has 0 radical (unpaired) electrons. The minimum atomic E-state index is -4.55. The summed E-state index contributed by atoms with van der Waals surface area (Å²) in [5.74, 6) is -0.0800. The molecule has 158 valence electrons. The third-order valence-corrected chi connectivity index (χ3v) is 9.94. The maximum absolute atomic E-state index is 12.7. The number of halogens is 4. The van der Waals surface area contributed by atoms with E-state index in [1.807, 2.05) is 0 Å². The van der Waals surface area contributed by atoms with Gasteiger partial charge in [0.15, 0.2) is 5.47 Å². The van der Waals surface area contributed by atoms with E-state index in [9.17, 15) is 23.3 Å². The van der Waals surface area contributed by atoms with E-state index < -0.39 is 22.1 Å². The highest BCUT2D eigenvalue weighted by molar-refractivity contribution is 8.69. The molecule has 0 aliphatic carbocycles. The van der Waals surface area contributed by atoms with Gasteiger partial charge in [0.2, 0.25) is 5.75 Å². The molecule has 0 heterocycles. The van der Waals surface area contributed by atoms with Crippen LogP contribution < -0.4 is 9.47 Å². The minimum Gasteiger partial charge on any atom is -0.478 e. The molecule has 0 aliphatic heterocycles. The molecular weight excluding hydrogens is 474 g/mol. The number of alkyl halides is 3. The van der Waals surface area contributed by atoms with Gasteiger partial charge in [-0.2, -0.15) is 13.2 Å². The van der Waals surface area contributed by atoms with Crippen molar-refractivity contribution >= 4 is 45.9 Å². The molecule has 0 aliphatic rings. The molecule has 0 saturated carbocycles. The predicted molar refractivity (Wildman–Crippen MR) is 110 cm³/mol. The van der Waals surface area contributed by atoms with Crippen LogP contribution in [0.4, 0.5) is 18.9 Å². The molecule has 1 atom stereocenters. The Hall–Kier alpha value is -1.52. The van der Waals surface area contributed by atoms with Gasteiger partial charge >= 0.3 is 11.9 Å². The monoisotopic (exact) mass is 487 g/mol. The van der Waals surface area contributed by atoms with Crippen LogP contribution in [0, 0.1) is 10.1 Å². The Kier molecular flexibility index (Phi) is 7.80. The Morgan fingerprint density at radius 1 is 1.24 bits per heavy atom. The van der Waals surface area contributed by atoms with Gasteiger partial charge in [-0.15, -0.1) is 0 Å². The quantitative estimate of drug-likeness (QED) is 0.233. The van der Waals surface area contributed by atoms with Gasteiger partial charge in [0.1, 0.15) is 17.8 Å². The van der Waals surface area contributed by atoms with Crippen LogP contribution in [0.3, 0.4) is 0 Å². The van der Waals surface area contributed by atoms with Gasteiger partial charge < -0.3 is 14.0 Å². The normalized spacial score (nSPS) is 13.6. The molecule has 0 saturated heterocycles. The van der Waals surface area contributed by atoms with Gasteiger partial charge in [-0.3, -0.25) is 10.1 Å². The van der Waals surface area contributed by atoms with E-state index in [2.05, 4.69) is 0 Å². The van der Waals surface area contributed by atoms with E-state index in [4.69, 9.17) is 37.4 Å². The van der Waals surface area contributed by atoms with E-state index in [0.717, 1.165) is 24.3 Å². The Bertz CT molecular complexity index is 953. The Morgan fingerprint density at radius 2 is 1.93 bits per heavy atom. The molecule has 2 aromatic rings. The van der Waals surface area contributed by atoms with Crippen LogP contribution in [0.15, 0.2) is 36.4 Å².